The zero-order valence-electron chi connectivity index (χ0n) is 19.2. The topological polar surface area (TPSA) is 78.5 Å². The maximum Gasteiger partial charge on any atom is 0.250 e. The monoisotopic (exact) mass is 455 g/mol. The fourth-order valence-electron chi connectivity index (χ4n) is 6.51. The number of rotatable bonds is 4. The van der Waals surface area contributed by atoms with Gasteiger partial charge in [0.25, 0.3) is 0 Å². The van der Waals surface area contributed by atoms with E-state index in [1.54, 1.807) is 16.7 Å². The minimum absolute atomic E-state index is 0.0231. The van der Waals surface area contributed by atoms with Gasteiger partial charge in [-0.1, -0.05) is 37.8 Å². The van der Waals surface area contributed by atoms with Crippen molar-refractivity contribution in [1.82, 2.24) is 10.2 Å². The second-order valence-electron chi connectivity index (χ2n) is 9.92. The predicted molar refractivity (Wildman–Crippen MR) is 126 cm³/mol. The molecule has 32 heavy (non-hydrogen) atoms. The van der Waals surface area contributed by atoms with E-state index in [4.69, 9.17) is 0 Å². The Labute approximate surface area is 194 Å². The van der Waals surface area contributed by atoms with Crippen LogP contribution in [0.2, 0.25) is 0 Å². The molecule has 1 spiro atoms. The smallest absolute Gasteiger partial charge is 0.250 e. The van der Waals surface area contributed by atoms with Crippen molar-refractivity contribution in [3.05, 3.63) is 28.8 Å². The van der Waals surface area contributed by atoms with Crippen molar-refractivity contribution in [2.24, 2.45) is 11.8 Å². The zero-order valence-corrected chi connectivity index (χ0v) is 20.0. The molecule has 3 amide bonds. The molecule has 3 aliphatic heterocycles. The highest BCUT2D eigenvalue weighted by molar-refractivity contribution is 7.98. The summed E-state index contributed by atoms with van der Waals surface area (Å²) in [5, 5.41) is 6.64. The van der Waals surface area contributed by atoms with Gasteiger partial charge in [-0.15, -0.1) is 0 Å². The number of fused-ring (bicyclic) bond motifs is 4. The van der Waals surface area contributed by atoms with Crippen LogP contribution in [0.4, 0.5) is 5.69 Å². The van der Waals surface area contributed by atoms with Gasteiger partial charge in [0, 0.05) is 23.3 Å². The maximum atomic E-state index is 14.0. The summed E-state index contributed by atoms with van der Waals surface area (Å²) in [5.41, 5.74) is 2.60. The van der Waals surface area contributed by atoms with Crippen LogP contribution in [-0.2, 0) is 19.9 Å². The van der Waals surface area contributed by atoms with Gasteiger partial charge < -0.3 is 5.32 Å². The van der Waals surface area contributed by atoms with E-state index in [-0.39, 0.29) is 29.8 Å². The third-order valence-corrected chi connectivity index (χ3v) is 8.92. The first kappa shape index (κ1) is 22.0. The zero-order chi connectivity index (χ0) is 22.6. The minimum atomic E-state index is -1.16. The average Bonchev–Trinajstić information content (AvgIpc) is 3.24. The fraction of sp³-hybridized carbons (Fsp3) is 0.640. The van der Waals surface area contributed by atoms with E-state index in [9.17, 15) is 14.4 Å². The summed E-state index contributed by atoms with van der Waals surface area (Å²) >= 11 is 1.73. The van der Waals surface area contributed by atoms with Crippen LogP contribution >= 0.6 is 11.8 Å². The average molecular weight is 456 g/mol. The summed E-state index contributed by atoms with van der Waals surface area (Å²) < 4.78 is 0. The number of amides is 3. The minimum Gasteiger partial charge on any atom is -0.324 e. The number of likely N-dealkylation sites (tertiary alicyclic amines) is 1. The number of carbonyl (C=O) groups is 3. The molecular formula is C25H33N3O3S. The molecule has 5 rings (SSSR count). The Morgan fingerprint density at radius 1 is 1.06 bits per heavy atom. The molecule has 7 heteroatoms. The summed E-state index contributed by atoms with van der Waals surface area (Å²) in [6, 6.07) is 3.79. The molecule has 1 aliphatic carbocycles. The van der Waals surface area contributed by atoms with Crippen molar-refractivity contribution >= 4 is 35.2 Å². The van der Waals surface area contributed by atoms with Crippen LogP contribution < -0.4 is 10.6 Å². The van der Waals surface area contributed by atoms with Crippen LogP contribution in [0.1, 0.15) is 61.6 Å². The van der Waals surface area contributed by atoms with Gasteiger partial charge in [0.05, 0.1) is 11.8 Å². The second-order valence-corrected chi connectivity index (χ2v) is 10.9. The van der Waals surface area contributed by atoms with Gasteiger partial charge in [0.1, 0.15) is 5.54 Å². The largest absolute Gasteiger partial charge is 0.324 e. The summed E-state index contributed by atoms with van der Waals surface area (Å²) in [6.45, 7) is 4.03. The molecule has 6 nitrogen and oxygen atoms in total. The standard InChI is InChI=1S/C25H33N3O3S/c1-14-10-11-17-21(15(14)2)26-24(31)25(17)20-19(18(27-25)12-13-32-3)22(29)28(23(20)30)16-8-6-4-5-7-9-16/h10-11,16,18-20,27H,4-9,12-13H2,1-3H3,(H,26,31)/t18?,19-,20+,25?/m1/s1. The number of aryl methyl sites for hydroxylation is 1. The Morgan fingerprint density at radius 3 is 2.47 bits per heavy atom. The van der Waals surface area contributed by atoms with Gasteiger partial charge in [0.2, 0.25) is 17.7 Å². The first-order valence-electron chi connectivity index (χ1n) is 12.0. The molecule has 2 N–H and O–H groups in total. The van der Waals surface area contributed by atoms with Crippen LogP contribution in [0.25, 0.3) is 0 Å². The van der Waals surface area contributed by atoms with Gasteiger partial charge in [-0.3, -0.25) is 24.6 Å². The van der Waals surface area contributed by atoms with Crippen molar-refractivity contribution in [2.75, 3.05) is 17.3 Å². The molecule has 0 aromatic heterocycles. The fourth-order valence-corrected chi connectivity index (χ4v) is 7.00. The first-order valence-corrected chi connectivity index (χ1v) is 13.4. The van der Waals surface area contributed by atoms with E-state index in [1.807, 2.05) is 32.2 Å². The first-order chi connectivity index (χ1) is 15.4. The number of imide groups is 1. The quantitative estimate of drug-likeness (QED) is 0.537. The third kappa shape index (κ3) is 3.00. The molecule has 2 unspecified atom stereocenters. The summed E-state index contributed by atoms with van der Waals surface area (Å²) in [4.78, 5) is 43.0. The molecular weight excluding hydrogens is 422 g/mol. The van der Waals surface area contributed by atoms with Crippen LogP contribution in [0, 0.1) is 25.7 Å². The van der Waals surface area contributed by atoms with Gasteiger partial charge >= 0.3 is 0 Å². The van der Waals surface area contributed by atoms with E-state index >= 15 is 0 Å². The van der Waals surface area contributed by atoms with Crippen molar-refractivity contribution in [3.8, 4) is 0 Å². The number of carbonyl (C=O) groups excluding carboxylic acids is 3. The number of anilines is 1. The summed E-state index contributed by atoms with van der Waals surface area (Å²) in [5.74, 6) is -0.667. The van der Waals surface area contributed by atoms with Crippen molar-refractivity contribution < 1.29 is 14.4 Å². The number of thioether (sulfide) groups is 1. The van der Waals surface area contributed by atoms with Crippen LogP contribution in [-0.4, -0.2) is 46.7 Å². The number of hydrogen-bond donors (Lipinski definition) is 2. The molecule has 1 saturated carbocycles. The molecule has 4 aliphatic rings. The van der Waals surface area contributed by atoms with Crippen LogP contribution in [0.15, 0.2) is 12.1 Å². The highest BCUT2D eigenvalue weighted by atomic mass is 32.2. The van der Waals surface area contributed by atoms with Crippen molar-refractivity contribution in [3.63, 3.8) is 0 Å². The van der Waals surface area contributed by atoms with Gasteiger partial charge in [-0.2, -0.15) is 11.8 Å². The predicted octanol–water partition coefficient (Wildman–Crippen LogP) is 3.50. The second kappa shape index (κ2) is 8.17. The molecule has 1 aromatic rings. The number of hydrogen-bond acceptors (Lipinski definition) is 5. The van der Waals surface area contributed by atoms with Gasteiger partial charge in [-0.25, -0.2) is 0 Å². The van der Waals surface area contributed by atoms with E-state index in [2.05, 4.69) is 10.6 Å². The Bertz CT molecular complexity index is 971. The highest BCUT2D eigenvalue weighted by Gasteiger charge is 2.70. The van der Waals surface area contributed by atoms with E-state index in [0.717, 1.165) is 73.1 Å². The van der Waals surface area contributed by atoms with Crippen LogP contribution in [0.5, 0.6) is 0 Å². The Balaban J connectivity index is 1.61. The normalized spacial score (nSPS) is 32.4. The Kier molecular flexibility index (Phi) is 5.61. The number of nitrogens with zero attached hydrogens (tertiary/aromatic N) is 1. The maximum absolute atomic E-state index is 14.0. The van der Waals surface area contributed by atoms with Crippen LogP contribution in [0.3, 0.4) is 0 Å². The van der Waals surface area contributed by atoms with E-state index in [0.29, 0.717) is 0 Å². The van der Waals surface area contributed by atoms with E-state index < -0.39 is 17.4 Å². The molecule has 2 saturated heterocycles. The molecule has 3 heterocycles. The highest BCUT2D eigenvalue weighted by Crippen LogP contribution is 2.54. The lowest BCUT2D eigenvalue weighted by molar-refractivity contribution is -0.145. The van der Waals surface area contributed by atoms with Gasteiger partial charge in [0.15, 0.2) is 0 Å². The molecule has 3 fully saturated rings. The summed E-state index contributed by atoms with van der Waals surface area (Å²) in [7, 11) is 0. The Morgan fingerprint density at radius 2 is 1.78 bits per heavy atom. The van der Waals surface area contributed by atoms with Gasteiger partial charge in [-0.05, 0) is 56.2 Å². The van der Waals surface area contributed by atoms with Crippen molar-refractivity contribution in [2.45, 2.75) is 76.4 Å². The summed E-state index contributed by atoms with van der Waals surface area (Å²) in [6.07, 6.45) is 9.00. The molecule has 172 valence electrons. The third-order valence-electron chi connectivity index (χ3n) is 8.28. The molecule has 4 atom stereocenters. The number of benzene rings is 1. The lowest BCUT2D eigenvalue weighted by Gasteiger charge is -2.32. The molecule has 1 aromatic carbocycles. The van der Waals surface area contributed by atoms with E-state index in [1.165, 1.54) is 0 Å². The molecule has 0 bridgehead atoms. The van der Waals surface area contributed by atoms with Crippen molar-refractivity contribution in [1.29, 1.82) is 0 Å². The Hall–Kier alpha value is -1.86. The lowest BCUT2D eigenvalue weighted by atomic mass is 9.76. The SMILES string of the molecule is CSCCC1NC2(C(=O)Nc3c2ccc(C)c3C)[C@@H]2C(=O)N(C3CCCCCC3)C(=O)[C@H]12. The lowest BCUT2D eigenvalue weighted by Crippen LogP contribution is -2.54. The molecule has 0 radical (unpaired) electrons. The number of nitrogens with one attached hydrogen (secondary N) is 2.